The summed E-state index contributed by atoms with van der Waals surface area (Å²) in [7, 11) is 1.62. The highest BCUT2D eigenvalue weighted by molar-refractivity contribution is 5.32. The highest BCUT2D eigenvalue weighted by Crippen LogP contribution is 2.25. The van der Waals surface area contributed by atoms with Crippen LogP contribution in [0.5, 0.6) is 5.75 Å². The lowest BCUT2D eigenvalue weighted by atomic mass is 10.0. The molecule has 0 saturated carbocycles. The third-order valence-corrected chi connectivity index (χ3v) is 3.00. The lowest BCUT2D eigenvalue weighted by molar-refractivity contribution is 0.412. The lowest BCUT2D eigenvalue weighted by Crippen LogP contribution is -2.30. The molecule has 2 aromatic rings. The topological polar surface area (TPSA) is 76.9 Å². The first-order valence-corrected chi connectivity index (χ1v) is 6.00. The second-order valence-electron chi connectivity index (χ2n) is 4.35. The number of nitrogens with two attached hydrogens (primary N) is 1. The van der Waals surface area contributed by atoms with Crippen molar-refractivity contribution < 1.29 is 4.74 Å². The molecule has 0 spiro atoms. The van der Waals surface area contributed by atoms with Gasteiger partial charge in [0.15, 0.2) is 0 Å². The van der Waals surface area contributed by atoms with E-state index >= 15 is 0 Å². The fourth-order valence-electron chi connectivity index (χ4n) is 2.17. The molecule has 98 valence electrons. The van der Waals surface area contributed by atoms with E-state index in [0.717, 1.165) is 11.3 Å². The van der Waals surface area contributed by atoms with Crippen molar-refractivity contribution in [2.45, 2.75) is 19.0 Å². The van der Waals surface area contributed by atoms with Crippen LogP contribution in [0.2, 0.25) is 0 Å². The molecule has 2 rings (SSSR count). The van der Waals surface area contributed by atoms with Gasteiger partial charge in [0, 0.05) is 18.4 Å². The Bertz CT molecular complexity index is 597. The zero-order valence-electron chi connectivity index (χ0n) is 10.9. The van der Waals surface area contributed by atoms with Crippen LogP contribution in [-0.2, 0) is 0 Å². The fourth-order valence-corrected chi connectivity index (χ4v) is 2.17. The van der Waals surface area contributed by atoms with Crippen molar-refractivity contribution in [3.8, 4) is 11.8 Å². The van der Waals surface area contributed by atoms with E-state index in [4.69, 9.17) is 15.7 Å². The van der Waals surface area contributed by atoms with Crippen LogP contribution < -0.4 is 10.5 Å². The number of ether oxygens (including phenoxy) is 1. The molecule has 0 fully saturated rings. The summed E-state index contributed by atoms with van der Waals surface area (Å²) in [5.41, 5.74) is 7.07. The molecule has 1 aromatic carbocycles. The van der Waals surface area contributed by atoms with Gasteiger partial charge >= 0.3 is 0 Å². The van der Waals surface area contributed by atoms with E-state index in [-0.39, 0.29) is 12.1 Å². The molecule has 2 atom stereocenters. The lowest BCUT2D eigenvalue weighted by Gasteiger charge is -2.23. The maximum atomic E-state index is 9.09. The van der Waals surface area contributed by atoms with Crippen molar-refractivity contribution in [2.75, 3.05) is 7.11 Å². The van der Waals surface area contributed by atoms with Gasteiger partial charge < -0.3 is 15.0 Å². The predicted molar refractivity (Wildman–Crippen MR) is 71.7 cm³/mol. The van der Waals surface area contributed by atoms with Gasteiger partial charge in [-0.3, -0.25) is 0 Å². The normalized spacial score (nSPS) is 13.6. The quantitative estimate of drug-likeness (QED) is 0.903. The number of methoxy groups -OCH3 is 1. The Morgan fingerprint density at radius 3 is 2.89 bits per heavy atom. The maximum Gasteiger partial charge on any atom is 0.213 e. The van der Waals surface area contributed by atoms with Crippen LogP contribution >= 0.6 is 0 Å². The fraction of sp³-hybridized carbons (Fsp3) is 0.286. The van der Waals surface area contributed by atoms with Gasteiger partial charge in [0.2, 0.25) is 5.82 Å². The summed E-state index contributed by atoms with van der Waals surface area (Å²) in [5, 5.41) is 9.09. The van der Waals surface area contributed by atoms with Gasteiger partial charge in [0.05, 0.1) is 13.2 Å². The van der Waals surface area contributed by atoms with Gasteiger partial charge in [-0.2, -0.15) is 5.26 Å². The molecule has 2 N–H and O–H groups in total. The van der Waals surface area contributed by atoms with Crippen LogP contribution in [0, 0.1) is 11.3 Å². The molecule has 19 heavy (non-hydrogen) atoms. The third kappa shape index (κ3) is 2.59. The van der Waals surface area contributed by atoms with Crippen LogP contribution in [0.3, 0.4) is 0 Å². The average Bonchev–Trinajstić information content (AvgIpc) is 2.87. The second kappa shape index (κ2) is 5.55. The van der Waals surface area contributed by atoms with E-state index in [1.807, 2.05) is 31.2 Å². The zero-order chi connectivity index (χ0) is 13.8. The smallest absolute Gasteiger partial charge is 0.213 e. The van der Waals surface area contributed by atoms with E-state index in [0.29, 0.717) is 5.82 Å². The highest BCUT2D eigenvalue weighted by atomic mass is 16.5. The Kier molecular flexibility index (Phi) is 3.83. The van der Waals surface area contributed by atoms with Crippen LogP contribution in [0.25, 0.3) is 0 Å². The minimum atomic E-state index is -0.159. The van der Waals surface area contributed by atoms with E-state index in [2.05, 4.69) is 11.1 Å². The molecule has 1 heterocycles. The van der Waals surface area contributed by atoms with Crippen molar-refractivity contribution in [1.82, 2.24) is 9.55 Å². The molecule has 0 aliphatic rings. The number of aromatic nitrogens is 2. The molecule has 0 amide bonds. The molecule has 2 unspecified atom stereocenters. The van der Waals surface area contributed by atoms with Gasteiger partial charge in [-0.25, -0.2) is 4.98 Å². The number of nitrogens with zero attached hydrogens (tertiary/aromatic N) is 3. The number of rotatable bonds is 4. The summed E-state index contributed by atoms with van der Waals surface area (Å²) in [6.07, 6.45) is 3.38. The largest absolute Gasteiger partial charge is 0.497 e. The summed E-state index contributed by atoms with van der Waals surface area (Å²) in [4.78, 5) is 4.02. The van der Waals surface area contributed by atoms with E-state index in [9.17, 15) is 0 Å². The Balaban J connectivity index is 2.49. The molecule has 0 saturated heterocycles. The number of hydrogen-bond acceptors (Lipinski definition) is 4. The molecule has 0 aliphatic heterocycles. The Hall–Kier alpha value is -2.32. The van der Waals surface area contributed by atoms with E-state index in [1.54, 1.807) is 24.1 Å². The highest BCUT2D eigenvalue weighted by Gasteiger charge is 2.21. The van der Waals surface area contributed by atoms with Gasteiger partial charge in [-0.1, -0.05) is 12.1 Å². The van der Waals surface area contributed by atoms with Crippen molar-refractivity contribution >= 4 is 0 Å². The van der Waals surface area contributed by atoms with Crippen molar-refractivity contribution in [3.63, 3.8) is 0 Å². The summed E-state index contributed by atoms with van der Waals surface area (Å²) in [6, 6.07) is 9.45. The first-order valence-electron chi connectivity index (χ1n) is 6.00. The summed E-state index contributed by atoms with van der Waals surface area (Å²) in [6.45, 7) is 1.91. The van der Waals surface area contributed by atoms with Crippen LogP contribution in [0.15, 0.2) is 36.7 Å². The SMILES string of the molecule is COc1cccc(C(C(C)N)n2ccnc2C#N)c1. The third-order valence-electron chi connectivity index (χ3n) is 3.00. The number of nitriles is 1. The molecule has 1 aromatic heterocycles. The van der Waals surface area contributed by atoms with Crippen molar-refractivity contribution in [1.29, 1.82) is 5.26 Å². The van der Waals surface area contributed by atoms with Gasteiger partial charge in [-0.15, -0.1) is 0 Å². The predicted octanol–water partition coefficient (Wildman–Crippen LogP) is 1.70. The van der Waals surface area contributed by atoms with Gasteiger partial charge in [-0.05, 0) is 24.6 Å². The maximum absolute atomic E-state index is 9.09. The molecule has 5 nitrogen and oxygen atoms in total. The molecule has 5 heteroatoms. The van der Waals surface area contributed by atoms with Crippen LogP contribution in [-0.4, -0.2) is 22.7 Å². The molecular weight excluding hydrogens is 240 g/mol. The minimum absolute atomic E-state index is 0.146. The van der Waals surface area contributed by atoms with Crippen molar-refractivity contribution in [3.05, 3.63) is 48.0 Å². The number of hydrogen-bond donors (Lipinski definition) is 1. The van der Waals surface area contributed by atoms with Crippen LogP contribution in [0.4, 0.5) is 0 Å². The van der Waals surface area contributed by atoms with E-state index < -0.39 is 0 Å². The van der Waals surface area contributed by atoms with Gasteiger partial charge in [0.1, 0.15) is 11.8 Å². The van der Waals surface area contributed by atoms with Crippen LogP contribution in [0.1, 0.15) is 24.4 Å². The molecule has 0 radical (unpaired) electrons. The first kappa shape index (κ1) is 13.1. The Morgan fingerprint density at radius 2 is 2.26 bits per heavy atom. The summed E-state index contributed by atoms with van der Waals surface area (Å²) < 4.78 is 7.02. The number of benzene rings is 1. The Morgan fingerprint density at radius 1 is 1.47 bits per heavy atom. The van der Waals surface area contributed by atoms with E-state index in [1.165, 1.54) is 0 Å². The van der Waals surface area contributed by atoms with Crippen molar-refractivity contribution in [2.24, 2.45) is 5.73 Å². The minimum Gasteiger partial charge on any atom is -0.497 e. The molecular formula is C14H16N4O. The average molecular weight is 256 g/mol. The number of imidazole rings is 1. The summed E-state index contributed by atoms with van der Waals surface area (Å²) in [5.74, 6) is 1.12. The molecule has 0 aliphatic carbocycles. The monoisotopic (exact) mass is 256 g/mol. The first-order chi connectivity index (χ1) is 9.17. The second-order valence-corrected chi connectivity index (χ2v) is 4.35. The standard InChI is InChI=1S/C14H16N4O/c1-10(16)14(18-7-6-17-13(18)9-15)11-4-3-5-12(8-11)19-2/h3-8,10,14H,16H2,1-2H3. The zero-order valence-corrected chi connectivity index (χ0v) is 10.9. The van der Waals surface area contributed by atoms with Gasteiger partial charge in [0.25, 0.3) is 0 Å². The summed E-state index contributed by atoms with van der Waals surface area (Å²) >= 11 is 0. The Labute approximate surface area is 112 Å². The molecule has 0 bridgehead atoms.